The summed E-state index contributed by atoms with van der Waals surface area (Å²) in [6.45, 7) is 3.36. The third kappa shape index (κ3) is 3.51. The molecule has 2 N–H and O–H groups in total. The van der Waals surface area contributed by atoms with Crippen molar-refractivity contribution in [2.24, 2.45) is 0 Å². The molecule has 1 aromatic heterocycles. The number of aliphatic carboxylic acids is 1. The van der Waals surface area contributed by atoms with E-state index in [0.717, 1.165) is 24.2 Å². The van der Waals surface area contributed by atoms with Crippen LogP contribution in [0.4, 0.5) is 0 Å². The molecule has 5 heteroatoms. The number of hydrogen-bond donors (Lipinski definition) is 2. The van der Waals surface area contributed by atoms with Crippen LogP contribution in [0, 0.1) is 6.92 Å². The Balaban J connectivity index is 1.70. The number of nitrogens with zero attached hydrogens (tertiary/aromatic N) is 1. The maximum Gasteiger partial charge on any atom is 0.332 e. The van der Waals surface area contributed by atoms with Gasteiger partial charge in [0.2, 0.25) is 0 Å². The summed E-state index contributed by atoms with van der Waals surface area (Å²) in [5.41, 5.74) is 2.12. The van der Waals surface area contributed by atoms with Gasteiger partial charge in [-0.2, -0.15) is 0 Å². The normalized spacial score (nSPS) is 23.2. The number of aromatic nitrogens is 1. The summed E-state index contributed by atoms with van der Waals surface area (Å²) < 4.78 is 5.40. The lowest BCUT2D eigenvalue weighted by Crippen LogP contribution is -2.28. The van der Waals surface area contributed by atoms with Crippen molar-refractivity contribution < 1.29 is 14.6 Å². The smallest absolute Gasteiger partial charge is 0.332 e. The van der Waals surface area contributed by atoms with Gasteiger partial charge in [-0.15, -0.1) is 0 Å². The molecule has 0 saturated carbocycles. The van der Waals surface area contributed by atoms with Crippen LogP contribution in [0.1, 0.15) is 24.1 Å². The Hall–Kier alpha value is -1.46. The molecule has 0 aliphatic carbocycles. The summed E-state index contributed by atoms with van der Waals surface area (Å²) in [5, 5.41) is 12.1. The fourth-order valence-corrected chi connectivity index (χ4v) is 2.02. The summed E-state index contributed by atoms with van der Waals surface area (Å²) in [7, 11) is 0. The quantitative estimate of drug-likeness (QED) is 0.819. The van der Waals surface area contributed by atoms with Crippen molar-refractivity contribution in [2.75, 3.05) is 6.54 Å². The molecule has 1 aromatic rings. The first kappa shape index (κ1) is 13.0. The minimum Gasteiger partial charge on any atom is -0.479 e. The van der Waals surface area contributed by atoms with E-state index >= 15 is 0 Å². The summed E-state index contributed by atoms with van der Waals surface area (Å²) in [5.74, 6) is -0.861. The van der Waals surface area contributed by atoms with Gasteiger partial charge in [0.15, 0.2) is 6.10 Å². The van der Waals surface area contributed by atoms with Crippen LogP contribution in [-0.4, -0.2) is 34.8 Å². The third-order valence-electron chi connectivity index (χ3n) is 3.06. The molecule has 2 atom stereocenters. The molecular weight excluding hydrogens is 232 g/mol. The highest BCUT2D eigenvalue weighted by atomic mass is 16.5. The number of carbonyl (C=O) groups is 1. The zero-order valence-electron chi connectivity index (χ0n) is 10.4. The van der Waals surface area contributed by atoms with Crippen LogP contribution < -0.4 is 5.32 Å². The van der Waals surface area contributed by atoms with Gasteiger partial charge in [0.25, 0.3) is 0 Å². The van der Waals surface area contributed by atoms with E-state index in [9.17, 15) is 4.79 Å². The molecular formula is C13H18N2O3. The van der Waals surface area contributed by atoms with Gasteiger partial charge in [-0.1, -0.05) is 6.07 Å². The van der Waals surface area contributed by atoms with Crippen LogP contribution in [0.2, 0.25) is 0 Å². The Morgan fingerprint density at radius 2 is 2.39 bits per heavy atom. The molecule has 0 radical (unpaired) electrons. The van der Waals surface area contributed by atoms with Gasteiger partial charge in [-0.05, 0) is 31.4 Å². The Morgan fingerprint density at radius 1 is 1.56 bits per heavy atom. The molecule has 0 aromatic carbocycles. The molecule has 0 bridgehead atoms. The van der Waals surface area contributed by atoms with E-state index in [2.05, 4.69) is 10.3 Å². The van der Waals surface area contributed by atoms with Crippen molar-refractivity contribution in [1.82, 2.24) is 10.3 Å². The monoisotopic (exact) mass is 250 g/mol. The van der Waals surface area contributed by atoms with Crippen molar-refractivity contribution >= 4 is 5.97 Å². The van der Waals surface area contributed by atoms with Crippen LogP contribution in [0.25, 0.3) is 0 Å². The molecule has 2 unspecified atom stereocenters. The van der Waals surface area contributed by atoms with Crippen molar-refractivity contribution in [3.8, 4) is 0 Å². The first-order valence-corrected chi connectivity index (χ1v) is 6.15. The number of nitrogens with one attached hydrogen (secondary N) is 1. The van der Waals surface area contributed by atoms with Gasteiger partial charge in [0, 0.05) is 25.0 Å². The van der Waals surface area contributed by atoms with Crippen LogP contribution in [-0.2, 0) is 16.1 Å². The summed E-state index contributed by atoms with van der Waals surface area (Å²) in [6.07, 6.45) is 2.63. The number of carboxylic acids is 1. The minimum absolute atomic E-state index is 0.00417. The summed E-state index contributed by atoms with van der Waals surface area (Å²) >= 11 is 0. The van der Waals surface area contributed by atoms with Crippen molar-refractivity contribution in [3.63, 3.8) is 0 Å². The molecule has 1 fully saturated rings. The summed E-state index contributed by atoms with van der Waals surface area (Å²) in [6, 6.07) is 4.01. The second-order valence-corrected chi connectivity index (χ2v) is 4.60. The Kier molecular flexibility index (Phi) is 4.28. The number of aryl methyl sites for hydroxylation is 1. The van der Waals surface area contributed by atoms with Crippen LogP contribution >= 0.6 is 0 Å². The Morgan fingerprint density at radius 3 is 3.00 bits per heavy atom. The highest BCUT2D eigenvalue weighted by Crippen LogP contribution is 2.19. The molecule has 1 aliphatic heterocycles. The van der Waals surface area contributed by atoms with E-state index in [4.69, 9.17) is 9.84 Å². The lowest BCUT2D eigenvalue weighted by Gasteiger charge is -2.12. The van der Waals surface area contributed by atoms with Gasteiger partial charge in [0.05, 0.1) is 6.10 Å². The highest BCUT2D eigenvalue weighted by molar-refractivity contribution is 5.72. The predicted octanol–water partition coefficient (Wildman–Crippen LogP) is 1.11. The average molecular weight is 250 g/mol. The van der Waals surface area contributed by atoms with Crippen LogP contribution in [0.5, 0.6) is 0 Å². The Bertz CT molecular complexity index is 405. The topological polar surface area (TPSA) is 71.5 Å². The maximum atomic E-state index is 10.7. The number of ether oxygens (including phenoxy) is 1. The van der Waals surface area contributed by atoms with Crippen molar-refractivity contribution in [1.29, 1.82) is 0 Å². The van der Waals surface area contributed by atoms with E-state index in [0.29, 0.717) is 13.0 Å². The fraction of sp³-hybridized carbons (Fsp3) is 0.538. The molecule has 2 heterocycles. The second-order valence-electron chi connectivity index (χ2n) is 4.60. The van der Waals surface area contributed by atoms with Gasteiger partial charge >= 0.3 is 5.97 Å². The second kappa shape index (κ2) is 5.93. The van der Waals surface area contributed by atoms with Gasteiger partial charge in [-0.25, -0.2) is 4.79 Å². The molecule has 1 aliphatic rings. The minimum atomic E-state index is -0.861. The van der Waals surface area contributed by atoms with E-state index < -0.39 is 12.1 Å². The predicted molar refractivity (Wildman–Crippen MR) is 66.2 cm³/mol. The molecule has 1 saturated heterocycles. The molecule has 18 heavy (non-hydrogen) atoms. The van der Waals surface area contributed by atoms with Gasteiger partial charge in [-0.3, -0.25) is 4.98 Å². The first-order chi connectivity index (χ1) is 8.65. The molecule has 2 rings (SSSR count). The molecule has 0 spiro atoms. The largest absolute Gasteiger partial charge is 0.479 e. The van der Waals surface area contributed by atoms with E-state index in [-0.39, 0.29) is 6.10 Å². The van der Waals surface area contributed by atoms with Crippen molar-refractivity contribution in [3.05, 3.63) is 29.6 Å². The number of rotatable bonds is 5. The van der Waals surface area contributed by atoms with E-state index in [1.165, 1.54) is 0 Å². The van der Waals surface area contributed by atoms with Crippen molar-refractivity contribution in [2.45, 2.75) is 38.5 Å². The highest BCUT2D eigenvalue weighted by Gasteiger charge is 2.29. The van der Waals surface area contributed by atoms with E-state index in [1.807, 2.05) is 25.3 Å². The number of hydrogen-bond acceptors (Lipinski definition) is 4. The zero-order valence-corrected chi connectivity index (χ0v) is 10.4. The SMILES string of the molecule is Cc1ccc(CNCC2CCC(C(=O)O)O2)cn1. The lowest BCUT2D eigenvalue weighted by atomic mass is 10.2. The van der Waals surface area contributed by atoms with Gasteiger partial charge in [0.1, 0.15) is 0 Å². The molecule has 0 amide bonds. The van der Waals surface area contributed by atoms with E-state index in [1.54, 1.807) is 0 Å². The average Bonchev–Trinajstić information content (AvgIpc) is 2.81. The van der Waals surface area contributed by atoms with Crippen LogP contribution in [0.15, 0.2) is 18.3 Å². The zero-order chi connectivity index (χ0) is 13.0. The number of carboxylic acid groups (broad SMARTS) is 1. The number of pyridine rings is 1. The third-order valence-corrected chi connectivity index (χ3v) is 3.06. The van der Waals surface area contributed by atoms with Crippen LogP contribution in [0.3, 0.4) is 0 Å². The maximum absolute atomic E-state index is 10.7. The fourth-order valence-electron chi connectivity index (χ4n) is 2.02. The standard InChI is InChI=1S/C13H18N2O3/c1-9-2-3-10(7-15-9)6-14-8-11-4-5-12(18-11)13(16)17/h2-3,7,11-12,14H,4-6,8H2,1H3,(H,16,17). The first-order valence-electron chi connectivity index (χ1n) is 6.15. The molecule has 98 valence electrons. The summed E-state index contributed by atoms with van der Waals surface area (Å²) in [4.78, 5) is 14.9. The molecule has 5 nitrogen and oxygen atoms in total. The lowest BCUT2D eigenvalue weighted by molar-refractivity contribution is -0.149. The van der Waals surface area contributed by atoms with Gasteiger partial charge < -0.3 is 15.2 Å². The Labute approximate surface area is 106 Å².